The molecule has 1 aliphatic rings. The highest BCUT2D eigenvalue weighted by molar-refractivity contribution is 5.81. The number of likely N-dealkylation sites (tertiary alicyclic amines) is 1. The van der Waals surface area contributed by atoms with E-state index in [-0.39, 0.29) is 12.1 Å². The Bertz CT molecular complexity index is 427. The molecule has 0 N–H and O–H groups in total. The smallest absolute Gasteiger partial charge is 0.410 e. The third-order valence-corrected chi connectivity index (χ3v) is 5.73. The maximum Gasteiger partial charge on any atom is 0.410 e. The van der Waals surface area contributed by atoms with Crippen LogP contribution in [-0.4, -0.2) is 42.8 Å². The SMILES string of the molecule is CCCCCCCCCCCCCOC(=O)C1CCCCN1C(=O)OCCCC. The van der Waals surface area contributed by atoms with Gasteiger partial charge in [-0.25, -0.2) is 9.59 Å². The highest BCUT2D eigenvalue weighted by Crippen LogP contribution is 2.20. The van der Waals surface area contributed by atoms with Crippen LogP contribution in [0.2, 0.25) is 0 Å². The average molecular weight is 412 g/mol. The molecule has 1 unspecified atom stereocenters. The van der Waals surface area contributed by atoms with E-state index in [2.05, 4.69) is 13.8 Å². The normalized spacial score (nSPS) is 16.6. The summed E-state index contributed by atoms with van der Waals surface area (Å²) < 4.78 is 10.8. The Hall–Kier alpha value is -1.26. The molecule has 1 heterocycles. The summed E-state index contributed by atoms with van der Waals surface area (Å²) in [6.45, 7) is 5.79. The van der Waals surface area contributed by atoms with Crippen LogP contribution in [0.25, 0.3) is 0 Å². The van der Waals surface area contributed by atoms with Crippen molar-refractivity contribution in [3.05, 3.63) is 0 Å². The molecule has 5 nitrogen and oxygen atoms in total. The van der Waals surface area contributed by atoms with Crippen molar-refractivity contribution < 1.29 is 19.1 Å². The number of unbranched alkanes of at least 4 members (excludes halogenated alkanes) is 11. The molecule has 0 aromatic rings. The highest BCUT2D eigenvalue weighted by Gasteiger charge is 2.34. The fourth-order valence-electron chi connectivity index (χ4n) is 3.82. The van der Waals surface area contributed by atoms with Crippen molar-refractivity contribution in [2.24, 2.45) is 0 Å². The molecule has 0 radical (unpaired) electrons. The second-order valence-corrected chi connectivity index (χ2v) is 8.38. The first-order valence-electron chi connectivity index (χ1n) is 12.3. The number of hydrogen-bond acceptors (Lipinski definition) is 4. The lowest BCUT2D eigenvalue weighted by Crippen LogP contribution is -2.49. The van der Waals surface area contributed by atoms with Crippen LogP contribution in [0, 0.1) is 0 Å². The van der Waals surface area contributed by atoms with Crippen LogP contribution < -0.4 is 0 Å². The van der Waals surface area contributed by atoms with Crippen molar-refractivity contribution in [2.45, 2.75) is 123 Å². The molecule has 1 rings (SSSR count). The lowest BCUT2D eigenvalue weighted by atomic mass is 10.0. The zero-order valence-electron chi connectivity index (χ0n) is 19.1. The first kappa shape index (κ1) is 25.8. The van der Waals surface area contributed by atoms with E-state index in [1.165, 1.54) is 57.8 Å². The van der Waals surface area contributed by atoms with E-state index in [0.29, 0.717) is 26.2 Å². The van der Waals surface area contributed by atoms with E-state index in [1.807, 2.05) is 0 Å². The maximum absolute atomic E-state index is 12.5. The molecule has 0 saturated carbocycles. The molecule has 29 heavy (non-hydrogen) atoms. The van der Waals surface area contributed by atoms with E-state index < -0.39 is 6.04 Å². The molecule has 0 aromatic carbocycles. The Balaban J connectivity index is 2.09. The van der Waals surface area contributed by atoms with Crippen molar-refractivity contribution in [3.8, 4) is 0 Å². The number of esters is 1. The Morgan fingerprint density at radius 3 is 1.90 bits per heavy atom. The van der Waals surface area contributed by atoms with Gasteiger partial charge in [0.25, 0.3) is 0 Å². The standard InChI is InChI=1S/C24H45NO4/c1-3-5-7-8-9-10-11-12-13-14-17-21-28-23(26)22-18-15-16-19-25(22)24(27)29-20-6-4-2/h22H,3-21H2,1-2H3. The van der Waals surface area contributed by atoms with Crippen molar-refractivity contribution in [3.63, 3.8) is 0 Å². The van der Waals surface area contributed by atoms with Crippen molar-refractivity contribution >= 4 is 12.1 Å². The van der Waals surface area contributed by atoms with E-state index >= 15 is 0 Å². The quantitative estimate of drug-likeness (QED) is 0.211. The first-order valence-corrected chi connectivity index (χ1v) is 12.3. The van der Waals surface area contributed by atoms with Crippen LogP contribution in [0.1, 0.15) is 117 Å². The molecule has 1 aliphatic heterocycles. The number of amides is 1. The van der Waals surface area contributed by atoms with E-state index in [0.717, 1.165) is 38.5 Å². The first-order chi connectivity index (χ1) is 14.2. The summed E-state index contributed by atoms with van der Waals surface area (Å²) in [5.74, 6) is -0.260. The summed E-state index contributed by atoms with van der Waals surface area (Å²) in [5, 5.41) is 0. The minimum Gasteiger partial charge on any atom is -0.464 e. The van der Waals surface area contributed by atoms with Gasteiger partial charge in [-0.15, -0.1) is 0 Å². The molecule has 170 valence electrons. The molecule has 1 fully saturated rings. The summed E-state index contributed by atoms with van der Waals surface area (Å²) >= 11 is 0. The van der Waals surface area contributed by atoms with Gasteiger partial charge in [0.1, 0.15) is 6.04 Å². The van der Waals surface area contributed by atoms with Gasteiger partial charge in [0.2, 0.25) is 0 Å². The van der Waals surface area contributed by atoms with Crippen molar-refractivity contribution in [2.75, 3.05) is 19.8 Å². The van der Waals surface area contributed by atoms with Gasteiger partial charge in [-0.1, -0.05) is 84.5 Å². The van der Waals surface area contributed by atoms with Gasteiger partial charge in [-0.05, 0) is 32.1 Å². The van der Waals surface area contributed by atoms with E-state index in [1.54, 1.807) is 4.90 Å². The summed E-state index contributed by atoms with van der Waals surface area (Å²) in [7, 11) is 0. The predicted molar refractivity (Wildman–Crippen MR) is 118 cm³/mol. The number of nitrogens with zero attached hydrogens (tertiary/aromatic N) is 1. The highest BCUT2D eigenvalue weighted by atomic mass is 16.6. The summed E-state index contributed by atoms with van der Waals surface area (Å²) in [6.07, 6.45) is 18.0. The molecule has 1 amide bonds. The average Bonchev–Trinajstić information content (AvgIpc) is 2.74. The van der Waals surface area contributed by atoms with Gasteiger partial charge in [0.05, 0.1) is 13.2 Å². The molecule has 5 heteroatoms. The topological polar surface area (TPSA) is 55.8 Å². The van der Waals surface area contributed by atoms with Gasteiger partial charge < -0.3 is 9.47 Å². The Labute approximate surface area is 178 Å². The zero-order valence-corrected chi connectivity index (χ0v) is 19.1. The molecule has 0 aromatic heterocycles. The van der Waals surface area contributed by atoms with Crippen LogP contribution in [0.5, 0.6) is 0 Å². The summed E-state index contributed by atoms with van der Waals surface area (Å²) in [4.78, 5) is 26.3. The van der Waals surface area contributed by atoms with Crippen LogP contribution in [0.3, 0.4) is 0 Å². The monoisotopic (exact) mass is 411 g/mol. The number of carbonyl (C=O) groups excluding carboxylic acids is 2. The second-order valence-electron chi connectivity index (χ2n) is 8.38. The lowest BCUT2D eigenvalue weighted by molar-refractivity contribution is -0.150. The summed E-state index contributed by atoms with van der Waals surface area (Å²) in [5.41, 5.74) is 0. The predicted octanol–water partition coefficient (Wildman–Crippen LogP) is 6.63. The maximum atomic E-state index is 12.5. The lowest BCUT2D eigenvalue weighted by Gasteiger charge is -2.33. The van der Waals surface area contributed by atoms with E-state index in [4.69, 9.17) is 9.47 Å². The molecular weight excluding hydrogens is 366 g/mol. The Morgan fingerprint density at radius 2 is 1.28 bits per heavy atom. The van der Waals surface area contributed by atoms with Gasteiger partial charge in [-0.2, -0.15) is 0 Å². The largest absolute Gasteiger partial charge is 0.464 e. The van der Waals surface area contributed by atoms with Gasteiger partial charge in [0.15, 0.2) is 0 Å². The molecule has 0 bridgehead atoms. The zero-order chi connectivity index (χ0) is 21.2. The fraction of sp³-hybridized carbons (Fsp3) is 0.917. The molecule has 1 saturated heterocycles. The van der Waals surface area contributed by atoms with Crippen molar-refractivity contribution in [1.82, 2.24) is 4.90 Å². The number of carbonyl (C=O) groups is 2. The Morgan fingerprint density at radius 1 is 0.724 bits per heavy atom. The van der Waals surface area contributed by atoms with Gasteiger partial charge in [0, 0.05) is 6.54 Å². The van der Waals surface area contributed by atoms with Gasteiger partial charge in [-0.3, -0.25) is 4.90 Å². The van der Waals surface area contributed by atoms with Gasteiger partial charge >= 0.3 is 12.1 Å². The fourth-order valence-corrected chi connectivity index (χ4v) is 3.82. The molecule has 0 spiro atoms. The number of ether oxygens (including phenoxy) is 2. The number of piperidine rings is 1. The third kappa shape index (κ3) is 12.1. The Kier molecular flexibility index (Phi) is 15.6. The second kappa shape index (κ2) is 17.6. The molecule has 0 aliphatic carbocycles. The molecular formula is C24H45NO4. The van der Waals surface area contributed by atoms with Crippen LogP contribution >= 0.6 is 0 Å². The minimum atomic E-state index is -0.467. The number of hydrogen-bond donors (Lipinski definition) is 0. The molecule has 1 atom stereocenters. The minimum absolute atomic E-state index is 0.260. The van der Waals surface area contributed by atoms with E-state index in [9.17, 15) is 9.59 Å². The summed E-state index contributed by atoms with van der Waals surface area (Å²) in [6, 6.07) is -0.467. The van der Waals surface area contributed by atoms with Crippen LogP contribution in [0.15, 0.2) is 0 Å². The number of rotatable bonds is 16. The van der Waals surface area contributed by atoms with Crippen LogP contribution in [0.4, 0.5) is 4.79 Å². The third-order valence-electron chi connectivity index (χ3n) is 5.73. The van der Waals surface area contributed by atoms with Crippen LogP contribution in [-0.2, 0) is 14.3 Å². The van der Waals surface area contributed by atoms with Crippen molar-refractivity contribution in [1.29, 1.82) is 0 Å².